The molecule has 0 aliphatic carbocycles. The fourth-order valence-corrected chi connectivity index (χ4v) is 2.69. The van der Waals surface area contributed by atoms with Gasteiger partial charge in [-0.1, -0.05) is 18.2 Å². The zero-order valence-electron chi connectivity index (χ0n) is 13.6. The third-order valence-electron chi connectivity index (χ3n) is 3.93. The normalized spacial score (nSPS) is 10.5. The summed E-state index contributed by atoms with van der Waals surface area (Å²) < 4.78 is 0. The Kier molecular flexibility index (Phi) is 4.20. The minimum absolute atomic E-state index is 0.0679. The topological polar surface area (TPSA) is 140 Å². The first kappa shape index (κ1) is 16.8. The zero-order chi connectivity index (χ0) is 18.8. The molecule has 130 valence electrons. The van der Waals surface area contributed by atoms with Crippen LogP contribution in [0.1, 0.15) is 11.1 Å². The van der Waals surface area contributed by atoms with E-state index in [4.69, 9.17) is 0 Å². The summed E-state index contributed by atoms with van der Waals surface area (Å²) in [4.78, 5) is 38.5. The molecule has 0 unspecified atom stereocenters. The van der Waals surface area contributed by atoms with E-state index in [-0.39, 0.29) is 23.3 Å². The first-order chi connectivity index (χ1) is 12.4. The Morgan fingerprint density at radius 1 is 1.19 bits per heavy atom. The predicted octanol–water partition coefficient (Wildman–Crippen LogP) is 2.21. The molecule has 1 aromatic heterocycles. The zero-order valence-corrected chi connectivity index (χ0v) is 13.6. The summed E-state index contributed by atoms with van der Waals surface area (Å²) in [6.45, 7) is 1.75. The molecular formula is C16H13N6O4+. The molecule has 26 heavy (non-hydrogen) atoms. The number of benzene rings is 2. The highest BCUT2D eigenvalue weighted by Crippen LogP contribution is 2.26. The average Bonchev–Trinajstić information content (AvgIpc) is 2.61. The summed E-state index contributed by atoms with van der Waals surface area (Å²) in [6.07, 6.45) is 0. The maximum Gasteiger partial charge on any atom is 0.314 e. The molecule has 2 N–H and O–H groups in total. The van der Waals surface area contributed by atoms with Crippen molar-refractivity contribution in [2.24, 2.45) is 0 Å². The van der Waals surface area contributed by atoms with Crippen LogP contribution in [0.4, 0.5) is 11.4 Å². The van der Waals surface area contributed by atoms with Crippen molar-refractivity contribution in [1.29, 1.82) is 5.39 Å². The number of aromatic nitrogens is 2. The van der Waals surface area contributed by atoms with Gasteiger partial charge < -0.3 is 9.97 Å². The summed E-state index contributed by atoms with van der Waals surface area (Å²) in [6, 6.07) is 9.53. The number of non-ortho nitro benzene ring substituents is 1. The fraction of sp³-hybridized carbons (Fsp3) is 0.125. The second-order valence-corrected chi connectivity index (χ2v) is 5.63. The van der Waals surface area contributed by atoms with Crippen LogP contribution in [0.5, 0.6) is 0 Å². The maximum absolute atomic E-state index is 11.7. The SMILES string of the molecule is Cc1ccccc1N(Cc1cc([N+](=O)[O-])cc2[nH]c(=O)c(=O)[nH]c12)[N+]#N. The number of aromatic amines is 2. The Bertz CT molecular complexity index is 1170. The van der Waals surface area contributed by atoms with Gasteiger partial charge in [-0.3, -0.25) is 19.7 Å². The number of nitrogens with zero attached hydrogens (tertiary/aromatic N) is 4. The minimum atomic E-state index is -0.911. The molecule has 0 fully saturated rings. The number of nitro benzene ring substituents is 1. The molecule has 0 atom stereocenters. The van der Waals surface area contributed by atoms with Crippen LogP contribution >= 0.6 is 0 Å². The molecule has 1 heterocycles. The molecule has 2 aromatic carbocycles. The van der Waals surface area contributed by atoms with Crippen molar-refractivity contribution in [1.82, 2.24) is 9.97 Å². The summed E-state index contributed by atoms with van der Waals surface area (Å²) in [5.41, 5.74) is -0.00344. The summed E-state index contributed by atoms with van der Waals surface area (Å²) >= 11 is 0. The number of fused-ring (bicyclic) bond motifs is 1. The van der Waals surface area contributed by atoms with E-state index < -0.39 is 16.0 Å². The van der Waals surface area contributed by atoms with Gasteiger partial charge >= 0.3 is 16.2 Å². The van der Waals surface area contributed by atoms with Gasteiger partial charge in [0.15, 0.2) is 0 Å². The second-order valence-electron chi connectivity index (χ2n) is 5.63. The van der Waals surface area contributed by atoms with Crippen molar-refractivity contribution in [2.45, 2.75) is 13.5 Å². The molecule has 0 aliphatic heterocycles. The summed E-state index contributed by atoms with van der Waals surface area (Å²) in [7, 11) is 0. The Morgan fingerprint density at radius 3 is 2.54 bits per heavy atom. The number of hydrogen-bond acceptors (Lipinski definition) is 6. The van der Waals surface area contributed by atoms with E-state index >= 15 is 0 Å². The van der Waals surface area contributed by atoms with Crippen LogP contribution in [0, 0.1) is 22.4 Å². The van der Waals surface area contributed by atoms with Crippen LogP contribution in [0.15, 0.2) is 46.0 Å². The quantitative estimate of drug-likeness (QED) is 0.319. The van der Waals surface area contributed by atoms with Gasteiger partial charge in [0, 0.05) is 22.7 Å². The number of hydrogen-bond donors (Lipinski definition) is 2. The standard InChI is InChI=1S/C16H12N6O4/c1-9-4-2-3-5-13(9)21(20-17)8-10-6-11(22(25)26)7-12-14(10)19-16(24)15(23)18-12/h2-7,17H,8H2,1H3/p+1. The van der Waals surface area contributed by atoms with Crippen molar-refractivity contribution in [3.63, 3.8) is 0 Å². The number of nitro groups is 1. The van der Waals surface area contributed by atoms with E-state index in [1.807, 2.05) is 19.1 Å². The van der Waals surface area contributed by atoms with Gasteiger partial charge in [0.1, 0.15) is 12.2 Å². The number of para-hydroxylation sites is 1. The monoisotopic (exact) mass is 353 g/mol. The highest BCUT2D eigenvalue weighted by atomic mass is 16.6. The van der Waals surface area contributed by atoms with Crippen LogP contribution in [0.25, 0.3) is 16.1 Å². The molecule has 3 rings (SSSR count). The van der Waals surface area contributed by atoms with E-state index in [0.717, 1.165) is 11.6 Å². The maximum atomic E-state index is 11.7. The number of rotatable bonds is 4. The van der Waals surface area contributed by atoms with Crippen molar-refractivity contribution in [3.8, 4) is 0 Å². The molecule has 0 radical (unpaired) electrons. The van der Waals surface area contributed by atoms with Gasteiger partial charge in [-0.15, -0.1) is 0 Å². The largest absolute Gasteiger partial charge is 0.316 e. The van der Waals surface area contributed by atoms with Gasteiger partial charge in [0.05, 0.1) is 16.0 Å². The Balaban J connectivity index is 2.20. The van der Waals surface area contributed by atoms with Crippen molar-refractivity contribution >= 4 is 22.4 Å². The number of aryl methyl sites for hydroxylation is 1. The van der Waals surface area contributed by atoms with Gasteiger partial charge in [-0.05, 0) is 18.6 Å². The van der Waals surface area contributed by atoms with Crippen LogP contribution in [-0.4, -0.2) is 14.9 Å². The minimum Gasteiger partial charge on any atom is -0.316 e. The molecule has 0 saturated heterocycles. The Labute approximate surface area is 145 Å². The van der Waals surface area contributed by atoms with Crippen molar-refractivity contribution in [3.05, 3.63) is 83.4 Å². The molecule has 0 saturated carbocycles. The predicted molar refractivity (Wildman–Crippen MR) is 94.3 cm³/mol. The lowest BCUT2D eigenvalue weighted by Crippen LogP contribution is -2.29. The van der Waals surface area contributed by atoms with Gasteiger partial charge in [0.2, 0.25) is 0 Å². The molecule has 10 nitrogen and oxygen atoms in total. The summed E-state index contributed by atoms with van der Waals surface area (Å²) in [5.74, 6) is 0. The Hall–Kier alpha value is -4.00. The first-order valence-corrected chi connectivity index (χ1v) is 7.52. The molecule has 0 spiro atoms. The third kappa shape index (κ3) is 3.01. The number of diazo groups is 1. The van der Waals surface area contributed by atoms with Crippen LogP contribution < -0.4 is 16.1 Å². The van der Waals surface area contributed by atoms with E-state index in [2.05, 4.69) is 15.1 Å². The number of anilines is 1. The second kappa shape index (κ2) is 6.48. The molecular weight excluding hydrogens is 340 g/mol. The highest BCUT2D eigenvalue weighted by Gasteiger charge is 2.23. The van der Waals surface area contributed by atoms with Gasteiger partial charge in [-0.2, -0.15) is 0 Å². The number of H-pyrrole nitrogens is 2. The average molecular weight is 353 g/mol. The van der Waals surface area contributed by atoms with Crippen molar-refractivity contribution < 1.29 is 4.92 Å². The van der Waals surface area contributed by atoms with E-state index in [9.17, 15) is 25.1 Å². The third-order valence-corrected chi connectivity index (χ3v) is 3.93. The summed E-state index contributed by atoms with van der Waals surface area (Å²) in [5, 5.41) is 25.1. The highest BCUT2D eigenvalue weighted by molar-refractivity contribution is 5.81. The van der Waals surface area contributed by atoms with Crippen LogP contribution in [-0.2, 0) is 6.54 Å². The van der Waals surface area contributed by atoms with E-state index in [0.29, 0.717) is 11.3 Å². The number of nitrogens with one attached hydrogen (secondary N) is 2. The lowest BCUT2D eigenvalue weighted by atomic mass is 10.1. The van der Waals surface area contributed by atoms with E-state index in [1.165, 1.54) is 11.1 Å². The fourth-order valence-electron chi connectivity index (χ4n) is 2.69. The van der Waals surface area contributed by atoms with Crippen molar-refractivity contribution in [2.75, 3.05) is 5.01 Å². The molecule has 10 heteroatoms. The van der Waals surface area contributed by atoms with Crippen LogP contribution in [0.2, 0.25) is 0 Å². The smallest absolute Gasteiger partial charge is 0.314 e. The Morgan fingerprint density at radius 2 is 1.88 bits per heavy atom. The molecule has 0 amide bonds. The molecule has 3 aromatic rings. The van der Waals surface area contributed by atoms with E-state index in [1.54, 1.807) is 12.1 Å². The first-order valence-electron chi connectivity index (χ1n) is 7.52. The molecule has 0 bridgehead atoms. The van der Waals surface area contributed by atoms with Crippen LogP contribution in [0.3, 0.4) is 0 Å². The lowest BCUT2D eigenvalue weighted by molar-refractivity contribution is -0.384. The van der Waals surface area contributed by atoms with Gasteiger partial charge in [0.25, 0.3) is 11.1 Å². The lowest BCUT2D eigenvalue weighted by Gasteiger charge is -2.10. The van der Waals surface area contributed by atoms with Gasteiger partial charge in [-0.25, -0.2) is 0 Å². The molecule has 0 aliphatic rings.